The van der Waals surface area contributed by atoms with Crippen molar-refractivity contribution in [2.45, 2.75) is 13.8 Å². The minimum Gasteiger partial charge on any atom is -0.0870 e. The minimum atomic E-state index is 1.33. The van der Waals surface area contributed by atoms with Gasteiger partial charge in [-0.1, -0.05) is 82.5 Å². The van der Waals surface area contributed by atoms with Crippen molar-refractivity contribution in [3.8, 4) is 22.3 Å². The van der Waals surface area contributed by atoms with Crippen LogP contribution in [0.5, 0.6) is 0 Å². The van der Waals surface area contributed by atoms with Crippen LogP contribution in [0.2, 0.25) is 0 Å². The highest BCUT2D eigenvalue weighted by Crippen LogP contribution is 2.30. The zero-order chi connectivity index (χ0) is 16.3. The monoisotopic (exact) mass is 302 g/mol. The van der Waals surface area contributed by atoms with Crippen LogP contribution in [0.3, 0.4) is 0 Å². The standard InChI is InChI=1S/C22H16B2/c1-3-6-14-13(2)9-12-19-20(14)17-11-10-16-15-7-4-5-8-18(15)23-21(16)22(17)24-19/h3-12H,1-2H3/b6-3-. The molecule has 0 spiro atoms. The van der Waals surface area contributed by atoms with Crippen molar-refractivity contribution >= 4 is 42.5 Å². The van der Waals surface area contributed by atoms with E-state index in [0.29, 0.717) is 0 Å². The van der Waals surface area contributed by atoms with Gasteiger partial charge < -0.3 is 0 Å². The third kappa shape index (κ3) is 1.77. The van der Waals surface area contributed by atoms with Crippen molar-refractivity contribution in [2.24, 2.45) is 0 Å². The first-order valence-electron chi connectivity index (χ1n) is 8.50. The van der Waals surface area contributed by atoms with Gasteiger partial charge >= 0.3 is 0 Å². The smallest absolute Gasteiger partial charge is 0.0870 e. The van der Waals surface area contributed by atoms with Crippen LogP contribution in [0, 0.1) is 6.92 Å². The van der Waals surface area contributed by atoms with Crippen molar-refractivity contribution in [1.82, 2.24) is 0 Å². The van der Waals surface area contributed by atoms with Gasteiger partial charge in [0.15, 0.2) is 14.6 Å². The SMILES string of the molecule is C/C=C\c1c(C)ccc2c1-c1ccc3c(c1[B]2)[B]c1ccccc1-3. The number of aryl methyl sites for hydroxylation is 1. The van der Waals surface area contributed by atoms with Gasteiger partial charge in [0.05, 0.1) is 0 Å². The Bertz CT molecular complexity index is 1030. The van der Waals surface area contributed by atoms with E-state index in [-0.39, 0.29) is 0 Å². The summed E-state index contributed by atoms with van der Waals surface area (Å²) in [5, 5.41) is 0. The fraction of sp³-hybridized carbons (Fsp3) is 0.0909. The van der Waals surface area contributed by atoms with Gasteiger partial charge in [-0.15, -0.1) is 0 Å². The summed E-state index contributed by atoms with van der Waals surface area (Å²) in [5.41, 5.74) is 13.5. The number of hydrogen-bond donors (Lipinski definition) is 0. The van der Waals surface area contributed by atoms with Crippen LogP contribution in [-0.4, -0.2) is 14.6 Å². The Balaban J connectivity index is 1.76. The lowest BCUT2D eigenvalue weighted by Crippen LogP contribution is -2.39. The van der Waals surface area contributed by atoms with Crippen molar-refractivity contribution in [3.63, 3.8) is 0 Å². The highest BCUT2D eigenvalue weighted by molar-refractivity contribution is 6.84. The highest BCUT2D eigenvalue weighted by atomic mass is 14.2. The molecule has 2 heteroatoms. The van der Waals surface area contributed by atoms with Crippen LogP contribution in [0.15, 0.2) is 54.6 Å². The van der Waals surface area contributed by atoms with E-state index < -0.39 is 0 Å². The molecular weight excluding hydrogens is 286 g/mol. The summed E-state index contributed by atoms with van der Waals surface area (Å²) in [6, 6.07) is 17.8. The predicted octanol–water partition coefficient (Wildman–Crippen LogP) is 2.30. The minimum absolute atomic E-state index is 1.33. The molecule has 2 radical (unpaired) electrons. The fourth-order valence-corrected chi connectivity index (χ4v) is 4.12. The van der Waals surface area contributed by atoms with Gasteiger partial charge in [-0.05, 0) is 47.2 Å². The molecule has 0 saturated carbocycles. The molecule has 2 aliphatic heterocycles. The first-order chi connectivity index (χ1) is 11.8. The lowest BCUT2D eigenvalue weighted by atomic mass is 9.57. The Morgan fingerprint density at radius 1 is 0.750 bits per heavy atom. The second-order valence-corrected chi connectivity index (χ2v) is 6.62. The molecule has 2 heterocycles. The van der Waals surface area contributed by atoms with E-state index in [1.165, 1.54) is 55.2 Å². The van der Waals surface area contributed by atoms with Crippen molar-refractivity contribution in [2.75, 3.05) is 0 Å². The van der Waals surface area contributed by atoms with Crippen LogP contribution in [0.4, 0.5) is 0 Å². The van der Waals surface area contributed by atoms with E-state index >= 15 is 0 Å². The average Bonchev–Trinajstić information content (AvgIpc) is 3.15. The Kier molecular flexibility index (Phi) is 2.91. The molecular formula is C22H16B2. The molecule has 0 aromatic heterocycles. The number of benzene rings is 3. The summed E-state index contributed by atoms with van der Waals surface area (Å²) in [7, 11) is 4.70. The molecule has 0 fully saturated rings. The Morgan fingerprint density at radius 3 is 2.38 bits per heavy atom. The Hall–Kier alpha value is -2.47. The largest absolute Gasteiger partial charge is 0.192 e. The highest BCUT2D eigenvalue weighted by Gasteiger charge is 2.29. The summed E-state index contributed by atoms with van der Waals surface area (Å²) < 4.78 is 0. The van der Waals surface area contributed by atoms with E-state index in [0.717, 1.165) is 0 Å². The van der Waals surface area contributed by atoms with E-state index in [9.17, 15) is 0 Å². The first kappa shape index (κ1) is 13.9. The van der Waals surface area contributed by atoms with Crippen LogP contribution >= 0.6 is 0 Å². The Morgan fingerprint density at radius 2 is 1.50 bits per heavy atom. The van der Waals surface area contributed by atoms with Gasteiger partial charge in [-0.25, -0.2) is 0 Å². The third-order valence-corrected chi connectivity index (χ3v) is 5.24. The molecule has 0 nitrogen and oxygen atoms in total. The molecule has 3 aromatic rings. The number of hydrogen-bond acceptors (Lipinski definition) is 0. The van der Waals surface area contributed by atoms with Crippen LogP contribution in [0.1, 0.15) is 18.1 Å². The van der Waals surface area contributed by atoms with Crippen LogP contribution in [0.25, 0.3) is 28.3 Å². The molecule has 2 aliphatic rings. The van der Waals surface area contributed by atoms with E-state index in [2.05, 4.69) is 89.1 Å². The fourth-order valence-electron chi connectivity index (χ4n) is 4.12. The Labute approximate surface area is 144 Å². The summed E-state index contributed by atoms with van der Waals surface area (Å²) in [5.74, 6) is 0. The molecule has 0 bridgehead atoms. The molecule has 0 N–H and O–H groups in total. The van der Waals surface area contributed by atoms with Crippen LogP contribution < -0.4 is 21.9 Å². The summed E-state index contributed by atoms with van der Waals surface area (Å²) >= 11 is 0. The summed E-state index contributed by atoms with van der Waals surface area (Å²) in [4.78, 5) is 0. The van der Waals surface area contributed by atoms with Gasteiger partial charge in [0.1, 0.15) is 0 Å². The van der Waals surface area contributed by atoms with Crippen molar-refractivity contribution < 1.29 is 0 Å². The van der Waals surface area contributed by atoms with Gasteiger partial charge in [-0.2, -0.15) is 0 Å². The topological polar surface area (TPSA) is 0 Å². The average molecular weight is 302 g/mol. The van der Waals surface area contributed by atoms with Crippen molar-refractivity contribution in [3.05, 3.63) is 65.7 Å². The van der Waals surface area contributed by atoms with E-state index in [4.69, 9.17) is 0 Å². The maximum atomic E-state index is 2.36. The van der Waals surface area contributed by atoms with Crippen molar-refractivity contribution in [1.29, 1.82) is 0 Å². The molecule has 0 unspecified atom stereocenters. The molecule has 3 aromatic carbocycles. The first-order valence-corrected chi connectivity index (χ1v) is 8.50. The second kappa shape index (κ2) is 5.01. The molecule has 0 atom stereocenters. The summed E-state index contributed by atoms with van der Waals surface area (Å²) in [6.07, 6.45) is 4.37. The van der Waals surface area contributed by atoms with Gasteiger partial charge in [-0.3, -0.25) is 0 Å². The number of fused-ring (bicyclic) bond motifs is 7. The maximum absolute atomic E-state index is 2.36. The van der Waals surface area contributed by atoms with Gasteiger partial charge in [0.2, 0.25) is 0 Å². The van der Waals surface area contributed by atoms with E-state index in [1.807, 2.05) is 0 Å². The molecule has 110 valence electrons. The molecule has 0 amide bonds. The lowest BCUT2D eigenvalue weighted by Gasteiger charge is -2.12. The maximum Gasteiger partial charge on any atom is 0.192 e. The third-order valence-electron chi connectivity index (χ3n) is 5.24. The molecule has 0 aliphatic carbocycles. The lowest BCUT2D eigenvalue weighted by molar-refractivity contribution is 1.46. The van der Waals surface area contributed by atoms with E-state index in [1.54, 1.807) is 0 Å². The second-order valence-electron chi connectivity index (χ2n) is 6.62. The zero-order valence-electron chi connectivity index (χ0n) is 13.9. The molecule has 24 heavy (non-hydrogen) atoms. The van der Waals surface area contributed by atoms with Crippen LogP contribution in [-0.2, 0) is 0 Å². The summed E-state index contributed by atoms with van der Waals surface area (Å²) in [6.45, 7) is 4.29. The number of allylic oxidation sites excluding steroid dienone is 1. The molecule has 0 saturated heterocycles. The number of rotatable bonds is 1. The molecule has 5 rings (SSSR count). The quantitative estimate of drug-likeness (QED) is 0.417. The zero-order valence-corrected chi connectivity index (χ0v) is 13.9. The predicted molar refractivity (Wildman–Crippen MR) is 107 cm³/mol. The van der Waals surface area contributed by atoms with Gasteiger partial charge in [0.25, 0.3) is 0 Å². The normalized spacial score (nSPS) is 13.1. The van der Waals surface area contributed by atoms with Gasteiger partial charge in [0, 0.05) is 0 Å².